The first-order chi connectivity index (χ1) is 24.6. The Morgan fingerprint density at radius 1 is 0.520 bits per heavy atom. The van der Waals surface area contributed by atoms with Crippen LogP contribution in [0.15, 0.2) is 29.6 Å². The molecule has 0 saturated heterocycles. The molecule has 50 heavy (non-hydrogen) atoms. The molecule has 0 amide bonds. The average molecular weight is 706 g/mol. The first kappa shape index (κ1) is 47.8. The largest absolute Gasteiger partial charge is 0.386 e. The number of allylic oxidation sites excluding steroid dienone is 4. The van der Waals surface area contributed by atoms with E-state index in [1.807, 2.05) is 6.92 Å². The molecule has 2 N–H and O–H groups in total. The zero-order valence-corrected chi connectivity index (χ0v) is 33.2. The van der Waals surface area contributed by atoms with Crippen molar-refractivity contribution in [1.29, 1.82) is 0 Å². The third-order valence-corrected chi connectivity index (χ3v) is 9.03. The molecule has 0 heterocycles. The second-order valence-corrected chi connectivity index (χ2v) is 14.0. The molecule has 0 atom stereocenters. The minimum Gasteiger partial charge on any atom is -0.330 e. The van der Waals surface area contributed by atoms with E-state index in [1.165, 1.54) is 116 Å². The summed E-state index contributed by atoms with van der Waals surface area (Å²) in [6, 6.07) is 0. The van der Waals surface area contributed by atoms with Crippen LogP contribution in [0.4, 0.5) is 0 Å². The normalized spacial score (nSPS) is 12.0. The highest BCUT2D eigenvalue weighted by Gasteiger charge is 2.26. The van der Waals surface area contributed by atoms with Crippen LogP contribution < -0.4 is 5.73 Å². The fraction of sp³-hybridized carbons (Fsp3) is 0.857. The highest BCUT2D eigenvalue weighted by molar-refractivity contribution is 5.69. The van der Waals surface area contributed by atoms with Crippen LogP contribution in [0.3, 0.4) is 0 Å². The summed E-state index contributed by atoms with van der Waals surface area (Å²) in [6.07, 6.45) is 42.9. The smallest absolute Gasteiger partial charge is 0.330 e. The third-order valence-electron chi connectivity index (χ3n) is 9.03. The number of rotatable bonds is 38. The summed E-state index contributed by atoms with van der Waals surface area (Å²) in [7, 11) is 0. The van der Waals surface area contributed by atoms with Gasteiger partial charge in [-0.15, -0.1) is 9.85 Å². The maximum Gasteiger partial charge on any atom is 0.386 e. The van der Waals surface area contributed by atoms with Gasteiger partial charge < -0.3 is 5.73 Å². The van der Waals surface area contributed by atoms with Gasteiger partial charge in [-0.2, -0.15) is 0 Å². The van der Waals surface area contributed by atoms with E-state index in [2.05, 4.69) is 43.4 Å². The summed E-state index contributed by atoms with van der Waals surface area (Å²) in [4.78, 5) is 37.0. The average Bonchev–Trinajstić information content (AvgIpc) is 3.11. The Hall–Kier alpha value is -2.22. The Kier molecular flexibility index (Phi) is 37.8. The van der Waals surface area contributed by atoms with E-state index in [-0.39, 0.29) is 5.97 Å². The van der Waals surface area contributed by atoms with Gasteiger partial charge in [-0.05, 0) is 83.6 Å². The molecule has 0 unspecified atom stereocenters. The van der Waals surface area contributed by atoms with Gasteiger partial charge in [0, 0.05) is 6.42 Å². The van der Waals surface area contributed by atoms with Gasteiger partial charge in [0.05, 0.1) is 19.5 Å². The standard InChI is InChI=1S/C42H81N4O4/c1-4-7-9-11-13-15-17-19-21-23-25-27-29-31-33-36-41(47)49-44-46(45(39-6-3)40-35-38-43)50-42(48)37-34-32-30-28-26-24-22-20-18-16-14-12-10-8-5-2/h19-22H,4-18,23-40,43H2,1-3H3/q+1/b21-19-,22-20-,46-44+. The third kappa shape index (κ3) is 34.2. The molecule has 0 radical (unpaired) electrons. The highest BCUT2D eigenvalue weighted by atomic mass is 16.8. The van der Waals surface area contributed by atoms with Gasteiger partial charge in [0.25, 0.3) is 10.2 Å². The molecule has 0 aliphatic carbocycles. The molecule has 0 aliphatic rings. The van der Waals surface area contributed by atoms with Crippen LogP contribution in [-0.4, -0.2) is 41.6 Å². The van der Waals surface area contributed by atoms with Gasteiger partial charge in [0.2, 0.25) is 0 Å². The van der Waals surface area contributed by atoms with Gasteiger partial charge in [0.1, 0.15) is 0 Å². The van der Waals surface area contributed by atoms with Gasteiger partial charge >= 0.3 is 11.9 Å². The molecule has 0 aromatic carbocycles. The topological polar surface area (TPSA) is 97.2 Å². The number of nitrogens with zero attached hydrogens (tertiary/aromatic N) is 3. The second-order valence-electron chi connectivity index (χ2n) is 14.0. The quantitative estimate of drug-likeness (QED) is 0.0226. The summed E-state index contributed by atoms with van der Waals surface area (Å²) in [5.74, 6) is -0.773. The SMILES string of the molecule is CCCCCCCC/C=C\CCCCCCCC(=O)O/N=[N+](/OC(=O)CCCCCCC/C=C\CCCCCCCC)N(CCC)CCCN. The molecule has 0 fully saturated rings. The lowest BCUT2D eigenvalue weighted by molar-refractivity contribution is -0.928. The summed E-state index contributed by atoms with van der Waals surface area (Å²) >= 11 is 0. The molecule has 0 aromatic rings. The van der Waals surface area contributed by atoms with Gasteiger partial charge in [0.15, 0.2) is 0 Å². The molecular formula is C42H81N4O4+. The molecule has 0 bridgehead atoms. The van der Waals surface area contributed by atoms with Crippen molar-refractivity contribution < 1.29 is 24.2 Å². The molecular weight excluding hydrogens is 624 g/mol. The van der Waals surface area contributed by atoms with E-state index in [9.17, 15) is 9.59 Å². The van der Waals surface area contributed by atoms with E-state index in [0.29, 0.717) is 38.9 Å². The van der Waals surface area contributed by atoms with Crippen LogP contribution in [0.1, 0.15) is 213 Å². The minimum atomic E-state index is -0.406. The monoisotopic (exact) mass is 706 g/mol. The van der Waals surface area contributed by atoms with Gasteiger partial charge in [-0.1, -0.05) is 148 Å². The Balaban J connectivity index is 4.28. The lowest BCUT2D eigenvalue weighted by Gasteiger charge is -2.13. The Morgan fingerprint density at radius 3 is 1.34 bits per heavy atom. The number of carbonyl (C=O) groups excluding carboxylic acids is 2. The summed E-state index contributed by atoms with van der Waals surface area (Å²) in [6.45, 7) is 8.23. The zero-order valence-electron chi connectivity index (χ0n) is 33.2. The maximum absolute atomic E-state index is 12.7. The fourth-order valence-electron chi connectivity index (χ4n) is 5.88. The van der Waals surface area contributed by atoms with Crippen LogP contribution in [-0.2, 0) is 19.3 Å². The first-order valence-corrected chi connectivity index (χ1v) is 21.3. The summed E-state index contributed by atoms with van der Waals surface area (Å²) in [5, 5.41) is 5.73. The highest BCUT2D eigenvalue weighted by Crippen LogP contribution is 2.13. The van der Waals surface area contributed by atoms with Crippen molar-refractivity contribution in [3.63, 3.8) is 0 Å². The van der Waals surface area contributed by atoms with Crippen molar-refractivity contribution in [2.45, 2.75) is 213 Å². The molecule has 8 nitrogen and oxygen atoms in total. The summed E-state index contributed by atoms with van der Waals surface area (Å²) < 4.78 is 0. The lowest BCUT2D eigenvalue weighted by atomic mass is 10.1. The van der Waals surface area contributed by atoms with Gasteiger partial charge in [-0.25, -0.2) is 9.59 Å². The first-order valence-electron chi connectivity index (χ1n) is 21.3. The van der Waals surface area contributed by atoms with Crippen LogP contribution >= 0.6 is 0 Å². The Morgan fingerprint density at radius 2 is 0.920 bits per heavy atom. The van der Waals surface area contributed by atoms with E-state index >= 15 is 0 Å². The number of hydrogen-bond donors (Lipinski definition) is 1. The van der Waals surface area contributed by atoms with E-state index in [0.717, 1.165) is 62.8 Å². The predicted molar refractivity (Wildman–Crippen MR) is 209 cm³/mol. The van der Waals surface area contributed by atoms with Crippen LogP contribution in [0.2, 0.25) is 0 Å². The molecule has 0 rings (SSSR count). The molecule has 8 heteroatoms. The molecule has 0 aliphatic heterocycles. The van der Waals surface area contributed by atoms with Crippen LogP contribution in [0, 0.1) is 0 Å². The van der Waals surface area contributed by atoms with Gasteiger partial charge in [-0.3, -0.25) is 4.84 Å². The molecule has 0 aromatic heterocycles. The second kappa shape index (κ2) is 39.6. The van der Waals surface area contributed by atoms with Crippen molar-refractivity contribution in [2.24, 2.45) is 11.0 Å². The molecule has 0 saturated carbocycles. The Labute approximate surface area is 309 Å². The number of hydrazine groups is 1. The number of hydrogen-bond acceptors (Lipinski definition) is 6. The predicted octanol–water partition coefficient (Wildman–Crippen LogP) is 12.4. The van der Waals surface area contributed by atoms with Crippen molar-refractivity contribution in [3.8, 4) is 0 Å². The molecule has 0 spiro atoms. The Bertz CT molecular complexity index is 846. The van der Waals surface area contributed by atoms with Crippen molar-refractivity contribution in [1.82, 2.24) is 5.01 Å². The number of nitrogens with two attached hydrogens (primary N) is 1. The van der Waals surface area contributed by atoms with E-state index in [4.69, 9.17) is 15.4 Å². The summed E-state index contributed by atoms with van der Waals surface area (Å²) in [5.41, 5.74) is 5.74. The molecule has 292 valence electrons. The number of unbranched alkanes of at least 4 members (excludes halogenated alkanes) is 22. The van der Waals surface area contributed by atoms with Crippen LogP contribution in [0.25, 0.3) is 0 Å². The van der Waals surface area contributed by atoms with Crippen molar-refractivity contribution in [2.75, 3.05) is 19.6 Å². The van der Waals surface area contributed by atoms with Crippen molar-refractivity contribution in [3.05, 3.63) is 24.3 Å². The van der Waals surface area contributed by atoms with Crippen molar-refractivity contribution >= 4 is 11.9 Å². The minimum absolute atomic E-state index is 0.301. The zero-order chi connectivity index (χ0) is 36.6. The van der Waals surface area contributed by atoms with Crippen LogP contribution in [0.5, 0.6) is 0 Å². The maximum atomic E-state index is 12.7. The van der Waals surface area contributed by atoms with E-state index in [1.54, 1.807) is 5.01 Å². The number of carbonyl (C=O) groups is 2. The lowest BCUT2D eigenvalue weighted by Crippen LogP contribution is -2.38. The van der Waals surface area contributed by atoms with E-state index < -0.39 is 5.97 Å². The fourth-order valence-corrected chi connectivity index (χ4v) is 5.88.